The number of rotatable bonds is 4. The summed E-state index contributed by atoms with van der Waals surface area (Å²) in [5.74, 6) is 1.02. The van der Waals surface area contributed by atoms with Gasteiger partial charge in [0.05, 0.1) is 17.8 Å². The van der Waals surface area contributed by atoms with E-state index in [1.54, 1.807) is 0 Å². The molecular weight excluding hydrogens is 236 g/mol. The molecule has 4 heteroatoms. The van der Waals surface area contributed by atoms with Crippen LogP contribution in [-0.2, 0) is 6.42 Å². The highest BCUT2D eigenvalue weighted by Gasteiger charge is 2.24. The normalized spacial score (nSPS) is 19.9. The molecule has 0 bridgehead atoms. The van der Waals surface area contributed by atoms with Crippen molar-refractivity contribution in [2.45, 2.75) is 44.7 Å². The number of aromatic amines is 1. The Morgan fingerprint density at radius 3 is 3.16 bits per heavy atom. The van der Waals surface area contributed by atoms with Gasteiger partial charge in [0, 0.05) is 18.6 Å². The van der Waals surface area contributed by atoms with Crippen molar-refractivity contribution in [3.63, 3.8) is 0 Å². The number of pyridine rings is 1. The molecule has 0 saturated carbocycles. The summed E-state index contributed by atoms with van der Waals surface area (Å²) in [6.07, 6.45) is 10.1. The van der Waals surface area contributed by atoms with Crippen LogP contribution in [0.4, 0.5) is 0 Å². The molecule has 2 aromatic heterocycles. The maximum absolute atomic E-state index is 4.58. The average molecular weight is 256 g/mol. The zero-order chi connectivity index (χ0) is 13.1. The molecule has 0 aliphatic heterocycles. The second kappa shape index (κ2) is 5.53. The number of nitrogens with zero attached hydrogens (tertiary/aromatic N) is 2. The highest BCUT2D eigenvalue weighted by molar-refractivity contribution is 5.25. The van der Waals surface area contributed by atoms with Crippen molar-refractivity contribution in [1.29, 1.82) is 0 Å². The minimum atomic E-state index is 0.271. The Morgan fingerprint density at radius 2 is 2.37 bits per heavy atom. The number of hydrogen-bond donors (Lipinski definition) is 2. The van der Waals surface area contributed by atoms with E-state index >= 15 is 0 Å². The fraction of sp³-hybridized carbons (Fsp3) is 0.467. The minimum absolute atomic E-state index is 0.271. The molecule has 0 amide bonds. The molecule has 1 aliphatic carbocycles. The summed E-state index contributed by atoms with van der Waals surface area (Å²) in [6, 6.07) is 4.85. The fourth-order valence-electron chi connectivity index (χ4n) is 2.87. The van der Waals surface area contributed by atoms with Crippen LogP contribution in [0.5, 0.6) is 0 Å². The minimum Gasteiger partial charge on any atom is -0.347 e. The standard InChI is InChI=1S/C15H20N4/c1-2-12(15-17-9-10-18-15)19-13-7-3-5-11-6-4-8-16-14(11)13/h4,6,8-10,12-13,19H,2-3,5,7H2,1H3,(H,17,18). The largest absolute Gasteiger partial charge is 0.347 e. The van der Waals surface area contributed by atoms with Gasteiger partial charge in [-0.3, -0.25) is 10.3 Å². The third kappa shape index (κ3) is 2.54. The molecule has 2 atom stereocenters. The van der Waals surface area contributed by atoms with Gasteiger partial charge < -0.3 is 4.98 Å². The van der Waals surface area contributed by atoms with Crippen LogP contribution < -0.4 is 5.32 Å². The third-order valence-electron chi connectivity index (χ3n) is 3.86. The number of fused-ring (bicyclic) bond motifs is 1. The van der Waals surface area contributed by atoms with Crippen molar-refractivity contribution in [2.75, 3.05) is 0 Å². The topological polar surface area (TPSA) is 53.6 Å². The van der Waals surface area contributed by atoms with Gasteiger partial charge in [-0.15, -0.1) is 0 Å². The lowest BCUT2D eigenvalue weighted by Gasteiger charge is -2.28. The first-order chi connectivity index (χ1) is 9.38. The Hall–Kier alpha value is -1.68. The molecule has 0 spiro atoms. The number of aromatic nitrogens is 3. The molecule has 100 valence electrons. The number of hydrogen-bond acceptors (Lipinski definition) is 3. The monoisotopic (exact) mass is 256 g/mol. The van der Waals surface area contributed by atoms with Gasteiger partial charge in [-0.1, -0.05) is 13.0 Å². The zero-order valence-electron chi connectivity index (χ0n) is 11.3. The molecule has 2 N–H and O–H groups in total. The van der Waals surface area contributed by atoms with Gasteiger partial charge in [0.1, 0.15) is 5.82 Å². The number of nitrogens with one attached hydrogen (secondary N) is 2. The molecule has 19 heavy (non-hydrogen) atoms. The number of imidazole rings is 1. The summed E-state index contributed by atoms with van der Waals surface area (Å²) in [6.45, 7) is 2.18. The van der Waals surface area contributed by atoms with E-state index in [0.29, 0.717) is 6.04 Å². The van der Waals surface area contributed by atoms with E-state index in [-0.39, 0.29) is 6.04 Å². The van der Waals surface area contributed by atoms with E-state index in [4.69, 9.17) is 0 Å². The van der Waals surface area contributed by atoms with E-state index < -0.39 is 0 Å². The van der Waals surface area contributed by atoms with E-state index in [9.17, 15) is 0 Å². The highest BCUT2D eigenvalue weighted by atomic mass is 15.0. The van der Waals surface area contributed by atoms with Crippen LogP contribution in [-0.4, -0.2) is 15.0 Å². The second-order valence-corrected chi connectivity index (χ2v) is 5.09. The van der Waals surface area contributed by atoms with Gasteiger partial charge in [-0.25, -0.2) is 4.98 Å². The van der Waals surface area contributed by atoms with Crippen molar-refractivity contribution in [3.8, 4) is 0 Å². The van der Waals surface area contributed by atoms with Gasteiger partial charge in [-0.05, 0) is 37.3 Å². The Morgan fingerprint density at radius 1 is 1.42 bits per heavy atom. The Kier molecular flexibility index (Phi) is 3.60. The van der Waals surface area contributed by atoms with Crippen LogP contribution >= 0.6 is 0 Å². The summed E-state index contributed by atoms with van der Waals surface area (Å²) in [5, 5.41) is 3.71. The van der Waals surface area contributed by atoms with Gasteiger partial charge in [0.25, 0.3) is 0 Å². The molecule has 1 aliphatic rings. The molecule has 0 saturated heterocycles. The Bertz CT molecular complexity index is 521. The Balaban J connectivity index is 1.80. The van der Waals surface area contributed by atoms with Gasteiger partial charge >= 0.3 is 0 Å². The molecular formula is C15H20N4. The van der Waals surface area contributed by atoms with Crippen LogP contribution in [0.1, 0.15) is 55.4 Å². The molecule has 2 heterocycles. The van der Waals surface area contributed by atoms with Gasteiger partial charge in [0.15, 0.2) is 0 Å². The zero-order valence-corrected chi connectivity index (χ0v) is 11.3. The highest BCUT2D eigenvalue weighted by Crippen LogP contribution is 2.30. The van der Waals surface area contributed by atoms with E-state index in [0.717, 1.165) is 25.1 Å². The maximum Gasteiger partial charge on any atom is 0.123 e. The SMILES string of the molecule is CCC(NC1CCCc2cccnc21)c1ncc[nH]1. The third-order valence-corrected chi connectivity index (χ3v) is 3.86. The van der Waals surface area contributed by atoms with Crippen molar-refractivity contribution in [2.24, 2.45) is 0 Å². The van der Waals surface area contributed by atoms with Crippen LogP contribution in [0, 0.1) is 0 Å². The fourth-order valence-corrected chi connectivity index (χ4v) is 2.87. The molecule has 2 unspecified atom stereocenters. The predicted octanol–water partition coefficient (Wildman–Crippen LogP) is 2.92. The van der Waals surface area contributed by atoms with Crippen LogP contribution in [0.15, 0.2) is 30.7 Å². The molecule has 0 fully saturated rings. The average Bonchev–Trinajstić information content (AvgIpc) is 2.99. The van der Waals surface area contributed by atoms with Crippen LogP contribution in [0.25, 0.3) is 0 Å². The summed E-state index contributed by atoms with van der Waals surface area (Å²) < 4.78 is 0. The molecule has 0 aromatic carbocycles. The first kappa shape index (κ1) is 12.4. The van der Waals surface area contributed by atoms with Gasteiger partial charge in [0.2, 0.25) is 0 Å². The first-order valence-electron chi connectivity index (χ1n) is 7.07. The summed E-state index contributed by atoms with van der Waals surface area (Å²) in [4.78, 5) is 12.2. The van der Waals surface area contributed by atoms with Crippen molar-refractivity contribution in [3.05, 3.63) is 47.8 Å². The summed E-state index contributed by atoms with van der Waals surface area (Å²) >= 11 is 0. The van der Waals surface area contributed by atoms with E-state index in [2.05, 4.69) is 33.3 Å². The first-order valence-corrected chi connectivity index (χ1v) is 7.07. The Labute approximate surface area is 113 Å². The summed E-state index contributed by atoms with van der Waals surface area (Å²) in [5.41, 5.74) is 2.61. The molecule has 4 nitrogen and oxygen atoms in total. The summed E-state index contributed by atoms with van der Waals surface area (Å²) in [7, 11) is 0. The predicted molar refractivity (Wildman–Crippen MR) is 74.7 cm³/mol. The van der Waals surface area contributed by atoms with Crippen molar-refractivity contribution in [1.82, 2.24) is 20.3 Å². The quantitative estimate of drug-likeness (QED) is 0.884. The smallest absolute Gasteiger partial charge is 0.123 e. The second-order valence-electron chi connectivity index (χ2n) is 5.09. The number of H-pyrrole nitrogens is 1. The van der Waals surface area contributed by atoms with E-state index in [1.807, 2.05) is 24.7 Å². The van der Waals surface area contributed by atoms with Crippen LogP contribution in [0.2, 0.25) is 0 Å². The van der Waals surface area contributed by atoms with Crippen molar-refractivity contribution >= 4 is 0 Å². The lowest BCUT2D eigenvalue weighted by atomic mass is 9.91. The molecule has 0 radical (unpaired) electrons. The molecule has 2 aromatic rings. The maximum atomic E-state index is 4.58. The van der Waals surface area contributed by atoms with Gasteiger partial charge in [-0.2, -0.15) is 0 Å². The lowest BCUT2D eigenvalue weighted by molar-refractivity contribution is 0.377. The molecule has 3 rings (SSSR count). The van der Waals surface area contributed by atoms with Crippen molar-refractivity contribution < 1.29 is 0 Å². The van der Waals surface area contributed by atoms with Crippen LogP contribution in [0.3, 0.4) is 0 Å². The van der Waals surface area contributed by atoms with E-state index in [1.165, 1.54) is 17.7 Å². The number of aryl methyl sites for hydroxylation is 1. The lowest BCUT2D eigenvalue weighted by Crippen LogP contribution is -2.30.